The summed E-state index contributed by atoms with van der Waals surface area (Å²) in [5, 5.41) is 21.4. The zero-order valence-corrected chi connectivity index (χ0v) is 19.4. The van der Waals surface area contributed by atoms with E-state index >= 15 is 0 Å². The summed E-state index contributed by atoms with van der Waals surface area (Å²) in [4.78, 5) is 30.2. The van der Waals surface area contributed by atoms with Gasteiger partial charge in [0.1, 0.15) is 0 Å². The molecule has 0 unspecified atom stereocenters. The molecule has 5 rings (SSSR count). The van der Waals surface area contributed by atoms with Crippen molar-refractivity contribution in [3.05, 3.63) is 107 Å². The third-order valence-electron chi connectivity index (χ3n) is 6.92. The largest absolute Gasteiger partial charge is 0.394 e. The van der Waals surface area contributed by atoms with Crippen molar-refractivity contribution in [2.45, 2.75) is 31.0 Å². The zero-order chi connectivity index (χ0) is 24.4. The van der Waals surface area contributed by atoms with Crippen LogP contribution in [-0.2, 0) is 16.9 Å². The lowest BCUT2D eigenvalue weighted by molar-refractivity contribution is -0.130. The predicted octanol–water partition coefficient (Wildman–Crippen LogP) is 3.09. The molecule has 3 N–H and O–H groups in total. The summed E-state index contributed by atoms with van der Waals surface area (Å²) in [7, 11) is 0. The summed E-state index contributed by atoms with van der Waals surface area (Å²) in [6, 6.07) is 25.9. The van der Waals surface area contributed by atoms with Crippen molar-refractivity contribution < 1.29 is 14.7 Å². The Bertz CT molecular complexity index is 1210. The molecule has 7 heteroatoms. The molecular formula is C28H28N4O3. The molecule has 2 fully saturated rings. The van der Waals surface area contributed by atoms with Crippen LogP contribution in [0.3, 0.4) is 0 Å². The molecule has 3 aromatic rings. The average molecular weight is 469 g/mol. The van der Waals surface area contributed by atoms with Crippen molar-refractivity contribution in [1.82, 2.24) is 15.1 Å². The third-order valence-corrected chi connectivity index (χ3v) is 6.92. The first-order chi connectivity index (χ1) is 17.0. The van der Waals surface area contributed by atoms with Crippen LogP contribution in [0.4, 0.5) is 0 Å². The van der Waals surface area contributed by atoms with Crippen LogP contribution >= 0.6 is 0 Å². The first-order valence-electron chi connectivity index (χ1n) is 11.8. The van der Waals surface area contributed by atoms with Gasteiger partial charge < -0.3 is 15.3 Å². The average Bonchev–Trinajstić information content (AvgIpc) is 3.48. The molecule has 178 valence electrons. The van der Waals surface area contributed by atoms with E-state index in [-0.39, 0.29) is 37.0 Å². The molecule has 2 amide bonds. The number of hydrogen-bond acceptors (Lipinski definition) is 4. The van der Waals surface area contributed by atoms with E-state index in [2.05, 4.69) is 5.32 Å². The number of nitrogens with one attached hydrogen (secondary N) is 2. The van der Waals surface area contributed by atoms with E-state index in [9.17, 15) is 14.7 Å². The number of likely N-dealkylation sites (tertiary alicyclic amines) is 1. The molecule has 0 spiro atoms. The number of benzene rings is 3. The number of aliphatic hydroxyl groups excluding tert-OH is 1. The van der Waals surface area contributed by atoms with Gasteiger partial charge in [0.2, 0.25) is 0 Å². The Balaban J connectivity index is 1.45. The van der Waals surface area contributed by atoms with Crippen molar-refractivity contribution in [3.63, 3.8) is 0 Å². The highest BCUT2D eigenvalue weighted by atomic mass is 16.3. The first kappa shape index (κ1) is 22.8. The Morgan fingerprint density at radius 1 is 1.00 bits per heavy atom. The van der Waals surface area contributed by atoms with Crippen LogP contribution in [0.15, 0.2) is 84.9 Å². The molecule has 0 saturated carbocycles. The van der Waals surface area contributed by atoms with Gasteiger partial charge in [0.25, 0.3) is 11.8 Å². The van der Waals surface area contributed by atoms with Gasteiger partial charge >= 0.3 is 0 Å². The molecule has 3 aromatic carbocycles. The van der Waals surface area contributed by atoms with Crippen LogP contribution in [0, 0.1) is 5.41 Å². The fourth-order valence-electron chi connectivity index (χ4n) is 5.13. The summed E-state index contributed by atoms with van der Waals surface area (Å²) in [6.07, 6.45) is 1.68. The molecule has 0 aliphatic carbocycles. The number of nitrogens with zero attached hydrogens (tertiary/aromatic N) is 2. The number of hydrogen-bond donors (Lipinski definition) is 3. The van der Waals surface area contributed by atoms with Gasteiger partial charge in [-0.05, 0) is 41.7 Å². The van der Waals surface area contributed by atoms with Crippen molar-refractivity contribution in [1.29, 1.82) is 5.41 Å². The maximum absolute atomic E-state index is 14.0. The van der Waals surface area contributed by atoms with E-state index < -0.39 is 5.54 Å². The molecule has 2 saturated heterocycles. The van der Waals surface area contributed by atoms with Crippen molar-refractivity contribution in [2.75, 3.05) is 13.2 Å². The van der Waals surface area contributed by atoms with Crippen molar-refractivity contribution in [2.24, 2.45) is 0 Å². The molecule has 0 aromatic heterocycles. The molecule has 2 aliphatic rings. The molecule has 35 heavy (non-hydrogen) atoms. The van der Waals surface area contributed by atoms with Crippen molar-refractivity contribution >= 4 is 17.8 Å². The monoisotopic (exact) mass is 468 g/mol. The molecular weight excluding hydrogens is 440 g/mol. The molecule has 0 radical (unpaired) electrons. The highest BCUT2D eigenvalue weighted by molar-refractivity contribution is 6.10. The summed E-state index contributed by atoms with van der Waals surface area (Å²) in [5.41, 5.74) is 1.60. The van der Waals surface area contributed by atoms with E-state index in [1.807, 2.05) is 66.7 Å². The second kappa shape index (κ2) is 9.35. The van der Waals surface area contributed by atoms with E-state index in [1.165, 1.54) is 4.90 Å². The maximum atomic E-state index is 14.0. The Morgan fingerprint density at radius 3 is 2.29 bits per heavy atom. The smallest absolute Gasteiger partial charge is 0.264 e. The van der Waals surface area contributed by atoms with Crippen LogP contribution in [0.1, 0.15) is 39.9 Å². The molecule has 0 bridgehead atoms. The lowest BCUT2D eigenvalue weighted by atomic mass is 9.82. The zero-order valence-electron chi connectivity index (χ0n) is 19.4. The van der Waals surface area contributed by atoms with Crippen molar-refractivity contribution in [3.8, 4) is 0 Å². The third kappa shape index (κ3) is 3.98. The number of carbonyl (C=O) groups excluding carboxylic acids is 2. The SMILES string of the molecule is N=C1NC(c2ccccc2)(c2ccccc2)C(=O)N1Cc1cccc(C(=O)N2CCC[C@H]2CO)c1. The minimum Gasteiger partial charge on any atom is -0.394 e. The minimum absolute atomic E-state index is 0.0133. The lowest BCUT2D eigenvalue weighted by Crippen LogP contribution is -2.45. The van der Waals surface area contributed by atoms with Gasteiger partial charge in [0, 0.05) is 12.1 Å². The van der Waals surface area contributed by atoms with Gasteiger partial charge in [-0.3, -0.25) is 19.9 Å². The van der Waals surface area contributed by atoms with Crippen LogP contribution in [0.2, 0.25) is 0 Å². The molecule has 7 nitrogen and oxygen atoms in total. The summed E-state index contributed by atoms with van der Waals surface area (Å²) in [5.74, 6) is -0.344. The van der Waals surface area contributed by atoms with Crippen LogP contribution < -0.4 is 5.32 Å². The fourth-order valence-corrected chi connectivity index (χ4v) is 5.13. The fraction of sp³-hybridized carbons (Fsp3) is 0.250. The highest BCUT2D eigenvalue weighted by Crippen LogP contribution is 2.36. The quantitative estimate of drug-likeness (QED) is 0.518. The summed E-state index contributed by atoms with van der Waals surface area (Å²) >= 11 is 0. The topological polar surface area (TPSA) is 96.7 Å². The second-order valence-corrected chi connectivity index (χ2v) is 9.02. The van der Waals surface area contributed by atoms with Gasteiger partial charge in [-0.2, -0.15) is 0 Å². The summed E-state index contributed by atoms with van der Waals surface area (Å²) in [6.45, 7) is 0.748. The van der Waals surface area contributed by atoms with E-state index in [0.29, 0.717) is 12.1 Å². The Labute approximate surface area is 204 Å². The predicted molar refractivity (Wildman–Crippen MR) is 133 cm³/mol. The lowest BCUT2D eigenvalue weighted by Gasteiger charge is -2.28. The van der Waals surface area contributed by atoms with Gasteiger partial charge in [-0.25, -0.2) is 0 Å². The van der Waals surface area contributed by atoms with E-state index in [4.69, 9.17) is 5.41 Å². The number of rotatable bonds is 6. The van der Waals surface area contributed by atoms with E-state index in [0.717, 1.165) is 29.5 Å². The molecule has 1 atom stereocenters. The molecule has 2 heterocycles. The van der Waals surface area contributed by atoms with E-state index in [1.54, 1.807) is 23.1 Å². The highest BCUT2D eigenvalue weighted by Gasteiger charge is 2.52. The van der Waals surface area contributed by atoms with Gasteiger partial charge in [-0.1, -0.05) is 72.8 Å². The molecule has 2 aliphatic heterocycles. The van der Waals surface area contributed by atoms with Gasteiger partial charge in [0.15, 0.2) is 11.5 Å². The number of carbonyl (C=O) groups is 2. The Kier molecular flexibility index (Phi) is 6.09. The second-order valence-electron chi connectivity index (χ2n) is 9.02. The standard InChI is InChI=1S/C28H28N4O3/c29-27-30-28(22-11-3-1-4-12-22,23-13-5-2-6-14-23)26(35)32(27)18-20-9-7-10-21(17-20)25(34)31-16-8-15-24(31)19-33/h1-7,9-14,17,24,33H,8,15-16,18-19H2,(H2,29,30)/t24-/m0/s1. The van der Waals surface area contributed by atoms with Gasteiger partial charge in [0.05, 0.1) is 19.2 Å². The number of amides is 2. The first-order valence-corrected chi connectivity index (χ1v) is 11.8. The van der Waals surface area contributed by atoms with Gasteiger partial charge in [-0.15, -0.1) is 0 Å². The normalized spacial score (nSPS) is 19.2. The minimum atomic E-state index is -1.20. The summed E-state index contributed by atoms with van der Waals surface area (Å²) < 4.78 is 0. The Hall–Kier alpha value is -3.97. The van der Waals surface area contributed by atoms with Crippen LogP contribution in [-0.4, -0.2) is 51.9 Å². The Morgan fingerprint density at radius 2 is 1.66 bits per heavy atom. The number of guanidine groups is 1. The maximum Gasteiger partial charge on any atom is 0.264 e. The van der Waals surface area contributed by atoms with Crippen LogP contribution in [0.25, 0.3) is 0 Å². The number of aliphatic hydroxyl groups is 1. The van der Waals surface area contributed by atoms with Crippen LogP contribution in [0.5, 0.6) is 0 Å².